The first-order valence-corrected chi connectivity index (χ1v) is 12.1. The average Bonchev–Trinajstić information content (AvgIpc) is 2.76. The SMILES string of the molecule is C[C@@H]1CCCN(Cc2ccc(CC(=O)N3CCC(Nc4cccc(F)c4)CC3)cc2Cl)C1. The molecule has 2 aliphatic heterocycles. The van der Waals surface area contributed by atoms with Crippen molar-refractivity contribution in [1.29, 1.82) is 0 Å². The van der Waals surface area contributed by atoms with Crippen molar-refractivity contribution in [2.24, 2.45) is 5.92 Å². The van der Waals surface area contributed by atoms with Crippen LogP contribution in [0.15, 0.2) is 42.5 Å². The summed E-state index contributed by atoms with van der Waals surface area (Å²) in [4.78, 5) is 17.2. The molecule has 2 heterocycles. The fraction of sp³-hybridized carbons (Fsp3) is 0.500. The largest absolute Gasteiger partial charge is 0.382 e. The van der Waals surface area contributed by atoms with Crippen molar-refractivity contribution in [2.45, 2.75) is 51.6 Å². The lowest BCUT2D eigenvalue weighted by Crippen LogP contribution is -2.43. The van der Waals surface area contributed by atoms with Crippen molar-refractivity contribution >= 4 is 23.2 Å². The zero-order chi connectivity index (χ0) is 22.5. The summed E-state index contributed by atoms with van der Waals surface area (Å²) in [6, 6.07) is 12.9. The van der Waals surface area contributed by atoms with Crippen molar-refractivity contribution in [3.05, 3.63) is 64.4 Å². The third-order valence-corrected chi connectivity index (χ3v) is 7.00. The smallest absolute Gasteiger partial charge is 0.226 e. The number of carbonyl (C=O) groups excluding carboxylic acids is 1. The summed E-state index contributed by atoms with van der Waals surface area (Å²) in [5, 5.41) is 4.14. The van der Waals surface area contributed by atoms with Crippen LogP contribution in [0.1, 0.15) is 43.7 Å². The van der Waals surface area contributed by atoms with Gasteiger partial charge in [0.25, 0.3) is 0 Å². The highest BCUT2D eigenvalue weighted by Gasteiger charge is 2.23. The number of amides is 1. The van der Waals surface area contributed by atoms with Gasteiger partial charge in [-0.2, -0.15) is 0 Å². The van der Waals surface area contributed by atoms with Gasteiger partial charge < -0.3 is 10.2 Å². The summed E-state index contributed by atoms with van der Waals surface area (Å²) in [5.41, 5.74) is 2.90. The quantitative estimate of drug-likeness (QED) is 0.634. The van der Waals surface area contributed by atoms with E-state index in [0.717, 1.165) is 60.2 Å². The van der Waals surface area contributed by atoms with Crippen LogP contribution in [0.3, 0.4) is 0 Å². The summed E-state index contributed by atoms with van der Waals surface area (Å²) in [7, 11) is 0. The normalized spacial score (nSPS) is 20.3. The molecular formula is C26H33ClFN3O. The molecule has 0 unspecified atom stereocenters. The number of anilines is 1. The maximum Gasteiger partial charge on any atom is 0.226 e. The number of likely N-dealkylation sites (tertiary alicyclic amines) is 2. The summed E-state index contributed by atoms with van der Waals surface area (Å²) in [5.74, 6) is 0.647. The van der Waals surface area contributed by atoms with Gasteiger partial charge in [-0.1, -0.05) is 36.7 Å². The van der Waals surface area contributed by atoms with E-state index in [1.54, 1.807) is 6.07 Å². The van der Waals surface area contributed by atoms with E-state index in [0.29, 0.717) is 19.5 Å². The minimum Gasteiger partial charge on any atom is -0.382 e. The van der Waals surface area contributed by atoms with Crippen molar-refractivity contribution in [3.63, 3.8) is 0 Å². The van der Waals surface area contributed by atoms with Gasteiger partial charge >= 0.3 is 0 Å². The van der Waals surface area contributed by atoms with Crippen LogP contribution in [0.4, 0.5) is 10.1 Å². The number of nitrogens with one attached hydrogen (secondary N) is 1. The molecule has 32 heavy (non-hydrogen) atoms. The molecule has 0 bridgehead atoms. The van der Waals surface area contributed by atoms with Crippen LogP contribution in [0.2, 0.25) is 5.02 Å². The maximum atomic E-state index is 13.4. The van der Waals surface area contributed by atoms with Crippen LogP contribution in [0, 0.1) is 11.7 Å². The number of carbonyl (C=O) groups is 1. The van der Waals surface area contributed by atoms with Gasteiger partial charge in [0, 0.05) is 42.9 Å². The average molecular weight is 458 g/mol. The minimum absolute atomic E-state index is 0.142. The summed E-state index contributed by atoms with van der Waals surface area (Å²) >= 11 is 6.57. The first kappa shape index (κ1) is 23.1. The molecule has 4 nitrogen and oxygen atoms in total. The fourth-order valence-electron chi connectivity index (χ4n) is 4.87. The van der Waals surface area contributed by atoms with Crippen LogP contribution in [-0.2, 0) is 17.8 Å². The Bertz CT molecular complexity index is 929. The summed E-state index contributed by atoms with van der Waals surface area (Å²) < 4.78 is 13.4. The molecule has 2 saturated heterocycles. The second-order valence-corrected chi connectivity index (χ2v) is 9.80. The third kappa shape index (κ3) is 6.23. The highest BCUT2D eigenvalue weighted by atomic mass is 35.5. The molecule has 2 aromatic carbocycles. The number of rotatable bonds is 6. The molecule has 2 fully saturated rings. The van der Waals surface area contributed by atoms with E-state index in [2.05, 4.69) is 23.2 Å². The molecule has 0 saturated carbocycles. The number of hydrogen-bond donors (Lipinski definition) is 1. The van der Waals surface area contributed by atoms with E-state index in [1.807, 2.05) is 23.1 Å². The van der Waals surface area contributed by atoms with Gasteiger partial charge in [-0.15, -0.1) is 0 Å². The molecule has 2 aliphatic rings. The molecule has 0 radical (unpaired) electrons. The Kier molecular flexibility index (Phi) is 7.69. The Labute approximate surface area is 195 Å². The predicted octanol–water partition coefficient (Wildman–Crippen LogP) is 5.36. The van der Waals surface area contributed by atoms with Crippen molar-refractivity contribution in [1.82, 2.24) is 9.80 Å². The molecule has 6 heteroatoms. The molecule has 1 amide bonds. The van der Waals surface area contributed by atoms with E-state index in [1.165, 1.54) is 25.0 Å². The lowest BCUT2D eigenvalue weighted by atomic mass is 9.99. The first-order valence-electron chi connectivity index (χ1n) is 11.8. The fourth-order valence-corrected chi connectivity index (χ4v) is 5.14. The van der Waals surface area contributed by atoms with Gasteiger partial charge in [-0.05, 0) is 73.5 Å². The van der Waals surface area contributed by atoms with Gasteiger partial charge in [0.15, 0.2) is 0 Å². The Morgan fingerprint density at radius 1 is 1.12 bits per heavy atom. The van der Waals surface area contributed by atoms with Gasteiger partial charge in [0.1, 0.15) is 5.82 Å². The van der Waals surface area contributed by atoms with Crippen LogP contribution >= 0.6 is 11.6 Å². The van der Waals surface area contributed by atoms with E-state index >= 15 is 0 Å². The van der Waals surface area contributed by atoms with E-state index in [4.69, 9.17) is 11.6 Å². The van der Waals surface area contributed by atoms with E-state index in [9.17, 15) is 9.18 Å². The molecule has 0 aromatic heterocycles. The second-order valence-electron chi connectivity index (χ2n) is 9.39. The maximum absolute atomic E-state index is 13.4. The highest BCUT2D eigenvalue weighted by Crippen LogP contribution is 2.24. The van der Waals surface area contributed by atoms with Crippen LogP contribution < -0.4 is 5.32 Å². The number of piperidine rings is 2. The third-order valence-electron chi connectivity index (χ3n) is 6.65. The monoisotopic (exact) mass is 457 g/mol. The highest BCUT2D eigenvalue weighted by molar-refractivity contribution is 6.31. The van der Waals surface area contributed by atoms with E-state index < -0.39 is 0 Å². The predicted molar refractivity (Wildman–Crippen MR) is 128 cm³/mol. The molecule has 2 aromatic rings. The molecule has 1 atom stereocenters. The van der Waals surface area contributed by atoms with Crippen molar-refractivity contribution in [2.75, 3.05) is 31.5 Å². The van der Waals surface area contributed by atoms with Crippen LogP contribution in [0.5, 0.6) is 0 Å². The zero-order valence-electron chi connectivity index (χ0n) is 18.8. The molecule has 1 N–H and O–H groups in total. The van der Waals surface area contributed by atoms with Gasteiger partial charge in [-0.25, -0.2) is 4.39 Å². The topological polar surface area (TPSA) is 35.6 Å². The Balaban J connectivity index is 1.26. The Morgan fingerprint density at radius 2 is 1.94 bits per heavy atom. The molecule has 172 valence electrons. The first-order chi connectivity index (χ1) is 15.5. The Hall–Kier alpha value is -2.11. The molecule has 4 rings (SSSR count). The molecule has 0 spiro atoms. The van der Waals surface area contributed by atoms with Gasteiger partial charge in [0.05, 0.1) is 6.42 Å². The molecular weight excluding hydrogens is 425 g/mol. The summed E-state index contributed by atoms with van der Waals surface area (Å²) in [6.45, 7) is 6.87. The lowest BCUT2D eigenvalue weighted by molar-refractivity contribution is -0.131. The second kappa shape index (κ2) is 10.7. The van der Waals surface area contributed by atoms with Gasteiger partial charge in [0.2, 0.25) is 5.91 Å². The number of halogens is 2. The Morgan fingerprint density at radius 3 is 2.66 bits per heavy atom. The zero-order valence-corrected chi connectivity index (χ0v) is 19.6. The summed E-state index contributed by atoms with van der Waals surface area (Å²) in [6.07, 6.45) is 4.65. The number of nitrogens with zero attached hydrogens (tertiary/aromatic N) is 2. The van der Waals surface area contributed by atoms with Crippen molar-refractivity contribution in [3.8, 4) is 0 Å². The van der Waals surface area contributed by atoms with Crippen molar-refractivity contribution < 1.29 is 9.18 Å². The number of benzene rings is 2. The van der Waals surface area contributed by atoms with Crippen LogP contribution in [-0.4, -0.2) is 47.9 Å². The standard InChI is InChI=1S/C26H33ClFN3O/c1-19-4-3-11-30(17-19)18-21-8-7-20(14-25(21)27)15-26(32)31-12-9-23(10-13-31)29-24-6-2-5-22(28)16-24/h2,5-8,14,16,19,23,29H,3-4,9-13,15,17-18H2,1H3/t19-/m1/s1. The van der Waals surface area contributed by atoms with E-state index in [-0.39, 0.29) is 17.8 Å². The van der Waals surface area contributed by atoms with Crippen LogP contribution in [0.25, 0.3) is 0 Å². The minimum atomic E-state index is -0.238. The number of hydrogen-bond acceptors (Lipinski definition) is 3. The molecule has 0 aliphatic carbocycles. The van der Waals surface area contributed by atoms with Gasteiger partial charge in [-0.3, -0.25) is 9.69 Å². The lowest BCUT2D eigenvalue weighted by Gasteiger charge is -2.33.